The summed E-state index contributed by atoms with van der Waals surface area (Å²) in [6.45, 7) is 1.16. The summed E-state index contributed by atoms with van der Waals surface area (Å²) in [5.41, 5.74) is 0.573. The van der Waals surface area contributed by atoms with E-state index in [2.05, 4.69) is 4.90 Å². The lowest BCUT2D eigenvalue weighted by Gasteiger charge is -2.37. The van der Waals surface area contributed by atoms with Crippen LogP contribution in [0.3, 0.4) is 0 Å². The van der Waals surface area contributed by atoms with Crippen LogP contribution < -0.4 is 10.4 Å². The van der Waals surface area contributed by atoms with Gasteiger partial charge in [-0.2, -0.15) is 5.26 Å². The first-order valence-electron chi connectivity index (χ1n) is 6.57. The van der Waals surface area contributed by atoms with Crippen molar-refractivity contribution in [2.45, 2.75) is 24.9 Å². The molecule has 1 aromatic carbocycles. The molecule has 2 N–H and O–H groups in total. The summed E-state index contributed by atoms with van der Waals surface area (Å²) in [6.07, 6.45) is 1.92. The van der Waals surface area contributed by atoms with Gasteiger partial charge < -0.3 is 19.7 Å². The lowest BCUT2D eigenvalue weighted by atomic mass is 9.79. The Morgan fingerprint density at radius 1 is 1.30 bits per heavy atom. The van der Waals surface area contributed by atoms with Gasteiger partial charge in [0.1, 0.15) is 11.9 Å². The van der Waals surface area contributed by atoms with E-state index in [0.717, 1.165) is 18.9 Å². The maximum absolute atomic E-state index is 13.7. The molecule has 2 atom stereocenters. The molecule has 2 unspecified atom stereocenters. The van der Waals surface area contributed by atoms with Crippen LogP contribution in [0.4, 0.5) is 10.1 Å². The maximum Gasteiger partial charge on any atom is 0.491 e. The van der Waals surface area contributed by atoms with Crippen molar-refractivity contribution in [2.24, 2.45) is 0 Å². The highest BCUT2D eigenvalue weighted by Crippen LogP contribution is 2.35. The van der Waals surface area contributed by atoms with Crippen LogP contribution in [0.15, 0.2) is 12.1 Å². The molecule has 3 rings (SSSR count). The second-order valence-corrected chi connectivity index (χ2v) is 5.21. The zero-order valence-electron chi connectivity index (χ0n) is 10.8. The molecule has 2 bridgehead atoms. The Bertz CT molecular complexity index is 559. The summed E-state index contributed by atoms with van der Waals surface area (Å²) < 4.78 is 19.2. The first-order chi connectivity index (χ1) is 9.61. The maximum atomic E-state index is 13.7. The Balaban J connectivity index is 2.08. The molecule has 0 radical (unpaired) electrons. The molecule has 2 fully saturated rings. The van der Waals surface area contributed by atoms with Crippen molar-refractivity contribution in [2.75, 3.05) is 18.1 Å². The SMILES string of the molecule is N#Cc1cc(F)c(B(O)O)cc1N1C2CCC1COC2. The van der Waals surface area contributed by atoms with E-state index in [4.69, 9.17) is 4.74 Å². The number of halogens is 1. The zero-order valence-corrected chi connectivity index (χ0v) is 10.8. The van der Waals surface area contributed by atoms with Crippen molar-refractivity contribution < 1.29 is 19.2 Å². The Hall–Kier alpha value is -1.62. The fourth-order valence-electron chi connectivity index (χ4n) is 3.10. The molecule has 1 aromatic rings. The third-order valence-electron chi connectivity index (χ3n) is 4.03. The number of benzene rings is 1. The Kier molecular flexibility index (Phi) is 3.38. The van der Waals surface area contributed by atoms with E-state index in [-0.39, 0.29) is 23.1 Å². The number of anilines is 1. The molecule has 0 aromatic heterocycles. The molecule has 2 heterocycles. The molecule has 2 aliphatic rings. The number of fused-ring (bicyclic) bond motifs is 2. The predicted octanol–water partition coefficient (Wildman–Crippen LogP) is -0.255. The summed E-state index contributed by atoms with van der Waals surface area (Å²) in [4.78, 5) is 2.06. The third-order valence-corrected chi connectivity index (χ3v) is 4.03. The van der Waals surface area contributed by atoms with E-state index >= 15 is 0 Å². The van der Waals surface area contributed by atoms with Gasteiger partial charge in [-0.25, -0.2) is 4.39 Å². The van der Waals surface area contributed by atoms with E-state index in [1.807, 2.05) is 6.07 Å². The minimum Gasteiger partial charge on any atom is -0.423 e. The second kappa shape index (κ2) is 5.06. The average molecular weight is 276 g/mol. The van der Waals surface area contributed by atoms with Gasteiger partial charge in [-0.05, 0) is 25.0 Å². The number of nitriles is 1. The van der Waals surface area contributed by atoms with Gasteiger partial charge in [-0.15, -0.1) is 0 Å². The van der Waals surface area contributed by atoms with Gasteiger partial charge in [0.05, 0.1) is 36.5 Å². The van der Waals surface area contributed by atoms with Crippen LogP contribution in [-0.4, -0.2) is 42.5 Å². The Morgan fingerprint density at radius 2 is 1.95 bits per heavy atom. The third kappa shape index (κ3) is 2.06. The van der Waals surface area contributed by atoms with Crippen molar-refractivity contribution >= 4 is 18.3 Å². The lowest BCUT2D eigenvalue weighted by Crippen LogP contribution is -2.47. The molecule has 20 heavy (non-hydrogen) atoms. The fourth-order valence-corrected chi connectivity index (χ4v) is 3.10. The van der Waals surface area contributed by atoms with Gasteiger partial charge in [0.2, 0.25) is 0 Å². The van der Waals surface area contributed by atoms with E-state index in [9.17, 15) is 19.7 Å². The Morgan fingerprint density at radius 3 is 2.50 bits per heavy atom. The summed E-state index contributed by atoms with van der Waals surface area (Å²) in [5.74, 6) is -0.777. The van der Waals surface area contributed by atoms with Crippen molar-refractivity contribution in [1.29, 1.82) is 5.26 Å². The molecule has 7 heteroatoms. The van der Waals surface area contributed by atoms with Crippen molar-refractivity contribution in [3.05, 3.63) is 23.5 Å². The monoisotopic (exact) mass is 276 g/mol. The number of ether oxygens (including phenoxy) is 1. The first kappa shape index (κ1) is 13.4. The van der Waals surface area contributed by atoms with Crippen LogP contribution in [0.1, 0.15) is 18.4 Å². The molecule has 0 saturated carbocycles. The highest BCUT2D eigenvalue weighted by Gasteiger charge is 2.39. The molecular formula is C13H14BFN2O3. The molecule has 0 amide bonds. The highest BCUT2D eigenvalue weighted by atomic mass is 19.1. The number of morpholine rings is 1. The van der Waals surface area contributed by atoms with E-state index in [1.165, 1.54) is 6.07 Å². The largest absolute Gasteiger partial charge is 0.491 e. The van der Waals surface area contributed by atoms with Gasteiger partial charge >= 0.3 is 7.12 Å². The van der Waals surface area contributed by atoms with Crippen LogP contribution in [0, 0.1) is 17.1 Å². The zero-order chi connectivity index (χ0) is 14.3. The molecule has 0 aliphatic carbocycles. The van der Waals surface area contributed by atoms with Gasteiger partial charge in [-0.1, -0.05) is 0 Å². The highest BCUT2D eigenvalue weighted by molar-refractivity contribution is 6.58. The number of hydrogen-bond donors (Lipinski definition) is 2. The number of rotatable bonds is 2. The van der Waals surface area contributed by atoms with Gasteiger partial charge in [-0.3, -0.25) is 0 Å². The topological polar surface area (TPSA) is 76.7 Å². The quantitative estimate of drug-likeness (QED) is 0.728. The molecule has 104 valence electrons. The summed E-state index contributed by atoms with van der Waals surface area (Å²) in [5, 5.41) is 27.7. The van der Waals surface area contributed by atoms with Crippen LogP contribution in [-0.2, 0) is 4.74 Å². The molecule has 5 nitrogen and oxygen atoms in total. The Labute approximate surface area is 116 Å². The molecule has 2 aliphatic heterocycles. The number of nitrogens with zero attached hydrogens (tertiary/aromatic N) is 2. The summed E-state index contributed by atoms with van der Waals surface area (Å²) >= 11 is 0. The number of hydrogen-bond acceptors (Lipinski definition) is 5. The van der Waals surface area contributed by atoms with Crippen molar-refractivity contribution in [3.8, 4) is 6.07 Å². The van der Waals surface area contributed by atoms with Crippen molar-refractivity contribution in [3.63, 3.8) is 0 Å². The summed E-state index contributed by atoms with van der Waals surface area (Å²) in [7, 11) is -1.89. The van der Waals surface area contributed by atoms with Crippen LogP contribution in [0.2, 0.25) is 0 Å². The van der Waals surface area contributed by atoms with Crippen molar-refractivity contribution in [1.82, 2.24) is 0 Å². The standard InChI is InChI=1S/C13H14BFN2O3/c15-12-3-8(5-16)13(4-11(12)14(18)19)17-9-1-2-10(17)7-20-6-9/h3-4,9-10,18-19H,1-2,6-7H2. The van der Waals surface area contributed by atoms with Gasteiger partial charge in [0.15, 0.2) is 0 Å². The average Bonchev–Trinajstić information content (AvgIpc) is 2.67. The minimum absolute atomic E-state index is 0.162. The minimum atomic E-state index is -1.89. The normalized spacial score (nSPS) is 24.6. The van der Waals surface area contributed by atoms with Gasteiger partial charge in [0.25, 0.3) is 0 Å². The fraction of sp³-hybridized carbons (Fsp3) is 0.462. The summed E-state index contributed by atoms with van der Waals surface area (Å²) in [6, 6.07) is 4.75. The van der Waals surface area contributed by atoms with E-state index in [0.29, 0.717) is 18.9 Å². The lowest BCUT2D eigenvalue weighted by molar-refractivity contribution is 0.0906. The van der Waals surface area contributed by atoms with E-state index in [1.54, 1.807) is 0 Å². The molecular weight excluding hydrogens is 262 g/mol. The van der Waals surface area contributed by atoms with Crippen LogP contribution in [0.25, 0.3) is 0 Å². The molecule has 0 spiro atoms. The van der Waals surface area contributed by atoms with Gasteiger partial charge in [0, 0.05) is 5.46 Å². The van der Waals surface area contributed by atoms with E-state index < -0.39 is 12.9 Å². The smallest absolute Gasteiger partial charge is 0.423 e. The second-order valence-electron chi connectivity index (χ2n) is 5.21. The van der Waals surface area contributed by atoms with Crippen LogP contribution in [0.5, 0.6) is 0 Å². The van der Waals surface area contributed by atoms with Crippen LogP contribution >= 0.6 is 0 Å². The molecule has 2 saturated heterocycles. The first-order valence-corrected chi connectivity index (χ1v) is 6.57. The predicted molar refractivity (Wildman–Crippen MR) is 71.0 cm³/mol.